The van der Waals surface area contributed by atoms with Crippen molar-refractivity contribution in [2.45, 2.75) is 13.2 Å². The molecule has 0 unspecified atom stereocenters. The molecule has 0 radical (unpaired) electrons. The number of benzene rings is 2. The minimum absolute atomic E-state index is 0.0266. The third-order valence-corrected chi connectivity index (χ3v) is 7.05. The van der Waals surface area contributed by atoms with Crippen molar-refractivity contribution < 1.29 is 23.1 Å². The summed E-state index contributed by atoms with van der Waals surface area (Å²) in [7, 11) is 3.88. The van der Waals surface area contributed by atoms with Gasteiger partial charge in [0.25, 0.3) is 5.91 Å². The van der Waals surface area contributed by atoms with Crippen LogP contribution in [0.25, 0.3) is 6.08 Å². The zero-order valence-corrected chi connectivity index (χ0v) is 21.7. The molecule has 0 aliphatic carbocycles. The van der Waals surface area contributed by atoms with Crippen LogP contribution in [0.15, 0.2) is 76.7 Å². The van der Waals surface area contributed by atoms with Gasteiger partial charge in [-0.15, -0.1) is 11.3 Å². The summed E-state index contributed by atoms with van der Waals surface area (Å²) in [5, 5.41) is 5.10. The molecule has 4 rings (SSSR count). The third kappa shape index (κ3) is 6.95. The molecule has 37 heavy (non-hydrogen) atoms. The van der Waals surface area contributed by atoms with Crippen LogP contribution in [0.5, 0.6) is 5.75 Å². The lowest BCUT2D eigenvalue weighted by Crippen LogP contribution is -2.32. The number of thioether (sulfide) groups is 1. The van der Waals surface area contributed by atoms with Gasteiger partial charge in [0.1, 0.15) is 11.4 Å². The molecule has 2 heterocycles. The van der Waals surface area contributed by atoms with Gasteiger partial charge in [-0.1, -0.05) is 30.0 Å². The molecule has 2 aromatic carbocycles. The Kier molecular flexibility index (Phi) is 8.57. The largest absolute Gasteiger partial charge is 0.435 e. The summed E-state index contributed by atoms with van der Waals surface area (Å²) < 4.78 is 29.5. The molecule has 1 aliphatic heterocycles. The molecule has 0 saturated heterocycles. The molecule has 1 N–H and O–H groups in total. The molecule has 1 aromatic heterocycles. The summed E-state index contributed by atoms with van der Waals surface area (Å²) >= 11 is 2.67. The second-order valence-electron chi connectivity index (χ2n) is 8.07. The number of rotatable bonds is 9. The van der Waals surface area contributed by atoms with Crippen LogP contribution in [0.2, 0.25) is 0 Å². The standard InChI is InChI=1S/C26H24F2N4O3S2/c1-31(2)18-7-5-17(6-8-18)14-22-24(34)32(19-9-11-20(12-10-19)35-25(27)28)26(30-22)37-16-23(33)29-15-21-4-3-13-36-21/h3-14,25H,15-16H2,1-2H3,(H,29,33)/b22-14-. The van der Waals surface area contributed by atoms with E-state index in [1.807, 2.05) is 60.8 Å². The summed E-state index contributed by atoms with van der Waals surface area (Å²) in [4.78, 5) is 34.7. The number of aliphatic imine (C=N–C) groups is 1. The number of amides is 2. The van der Waals surface area contributed by atoms with Crippen molar-refractivity contribution >= 4 is 57.5 Å². The number of amidine groups is 1. The second-order valence-corrected chi connectivity index (χ2v) is 10.0. The van der Waals surface area contributed by atoms with Crippen LogP contribution < -0.4 is 19.9 Å². The Morgan fingerprint density at radius 2 is 1.89 bits per heavy atom. The number of thiophene rings is 1. The molecule has 0 spiro atoms. The first-order chi connectivity index (χ1) is 17.8. The van der Waals surface area contributed by atoms with Crippen LogP contribution in [-0.4, -0.2) is 43.4 Å². The van der Waals surface area contributed by atoms with E-state index in [0.29, 0.717) is 17.4 Å². The number of halogens is 2. The van der Waals surface area contributed by atoms with E-state index in [9.17, 15) is 18.4 Å². The number of nitrogens with one attached hydrogen (secondary N) is 1. The van der Waals surface area contributed by atoms with Gasteiger partial charge in [-0.2, -0.15) is 8.78 Å². The Balaban J connectivity index is 1.54. The van der Waals surface area contributed by atoms with E-state index < -0.39 is 6.61 Å². The van der Waals surface area contributed by atoms with Gasteiger partial charge in [0.05, 0.1) is 18.0 Å². The lowest BCUT2D eigenvalue weighted by Gasteiger charge is -2.18. The fraction of sp³-hybridized carbons (Fsp3) is 0.192. The first-order valence-corrected chi connectivity index (χ1v) is 13.1. The van der Waals surface area contributed by atoms with E-state index in [-0.39, 0.29) is 29.0 Å². The molecule has 1 aliphatic rings. The van der Waals surface area contributed by atoms with Crippen molar-refractivity contribution in [3.05, 3.63) is 82.2 Å². The van der Waals surface area contributed by atoms with E-state index in [0.717, 1.165) is 27.9 Å². The second kappa shape index (κ2) is 12.0. The number of hydrogen-bond acceptors (Lipinski definition) is 7. The molecule has 192 valence electrons. The minimum Gasteiger partial charge on any atom is -0.435 e. The molecule has 2 amide bonds. The maximum absolute atomic E-state index is 13.4. The Morgan fingerprint density at radius 3 is 2.51 bits per heavy atom. The fourth-order valence-corrected chi connectivity index (χ4v) is 4.89. The van der Waals surface area contributed by atoms with E-state index in [1.54, 1.807) is 17.4 Å². The van der Waals surface area contributed by atoms with Gasteiger partial charge < -0.3 is 15.0 Å². The monoisotopic (exact) mass is 542 g/mol. The third-order valence-electron chi connectivity index (χ3n) is 5.23. The maximum Gasteiger partial charge on any atom is 0.387 e. The zero-order chi connectivity index (χ0) is 26.4. The first-order valence-electron chi connectivity index (χ1n) is 11.2. The van der Waals surface area contributed by atoms with Crippen molar-refractivity contribution in [3.8, 4) is 5.75 Å². The number of anilines is 2. The van der Waals surface area contributed by atoms with E-state index in [2.05, 4.69) is 15.0 Å². The lowest BCUT2D eigenvalue weighted by molar-refractivity contribution is -0.118. The topological polar surface area (TPSA) is 74.2 Å². The number of carbonyl (C=O) groups is 2. The average molecular weight is 543 g/mol. The highest BCUT2D eigenvalue weighted by atomic mass is 32.2. The number of hydrogen-bond donors (Lipinski definition) is 1. The average Bonchev–Trinajstić information content (AvgIpc) is 3.50. The van der Waals surface area contributed by atoms with Gasteiger partial charge in [-0.25, -0.2) is 4.99 Å². The quantitative estimate of drug-likeness (QED) is 0.376. The molecule has 3 aromatic rings. The lowest BCUT2D eigenvalue weighted by atomic mass is 10.1. The number of nitrogens with zero attached hydrogens (tertiary/aromatic N) is 3. The molecule has 0 fully saturated rings. The number of alkyl halides is 2. The van der Waals surface area contributed by atoms with Crippen molar-refractivity contribution in [3.63, 3.8) is 0 Å². The minimum atomic E-state index is -2.95. The first kappa shape index (κ1) is 26.4. The Labute approximate surface area is 221 Å². The van der Waals surface area contributed by atoms with Crippen LogP contribution in [0, 0.1) is 0 Å². The Bertz CT molecular complexity index is 1290. The van der Waals surface area contributed by atoms with Crippen molar-refractivity contribution in [2.75, 3.05) is 29.6 Å². The van der Waals surface area contributed by atoms with Crippen molar-refractivity contribution in [1.82, 2.24) is 5.32 Å². The SMILES string of the molecule is CN(C)c1ccc(/C=C2\N=C(SCC(=O)NCc3cccs3)N(c3ccc(OC(F)F)cc3)C2=O)cc1. The number of carbonyl (C=O) groups excluding carboxylic acids is 2. The van der Waals surface area contributed by atoms with Crippen molar-refractivity contribution in [2.24, 2.45) is 4.99 Å². The molecule has 0 bridgehead atoms. The van der Waals surface area contributed by atoms with Crippen LogP contribution in [0.3, 0.4) is 0 Å². The van der Waals surface area contributed by atoms with Gasteiger partial charge in [0.15, 0.2) is 5.17 Å². The summed E-state index contributed by atoms with van der Waals surface area (Å²) in [6, 6.07) is 17.2. The van der Waals surface area contributed by atoms with Gasteiger partial charge in [0.2, 0.25) is 5.91 Å². The number of ether oxygens (including phenoxy) is 1. The van der Waals surface area contributed by atoms with E-state index in [1.165, 1.54) is 29.2 Å². The molecule has 7 nitrogen and oxygen atoms in total. The Morgan fingerprint density at radius 1 is 1.16 bits per heavy atom. The summed E-state index contributed by atoms with van der Waals surface area (Å²) in [6.45, 7) is -2.53. The smallest absolute Gasteiger partial charge is 0.387 e. The highest BCUT2D eigenvalue weighted by Crippen LogP contribution is 2.31. The fourth-order valence-electron chi connectivity index (χ4n) is 3.40. The normalized spacial score (nSPS) is 14.3. The van der Waals surface area contributed by atoms with Crippen LogP contribution in [0.4, 0.5) is 20.2 Å². The van der Waals surface area contributed by atoms with E-state index >= 15 is 0 Å². The predicted octanol–water partition coefficient (Wildman–Crippen LogP) is 5.21. The van der Waals surface area contributed by atoms with Crippen LogP contribution in [-0.2, 0) is 16.1 Å². The predicted molar refractivity (Wildman–Crippen MR) is 145 cm³/mol. The zero-order valence-electron chi connectivity index (χ0n) is 20.1. The molecule has 11 heteroatoms. The molecular formula is C26H24F2N4O3S2. The van der Waals surface area contributed by atoms with Crippen LogP contribution in [0.1, 0.15) is 10.4 Å². The molecule has 0 saturated carbocycles. The van der Waals surface area contributed by atoms with Gasteiger partial charge >= 0.3 is 6.61 Å². The highest BCUT2D eigenvalue weighted by Gasteiger charge is 2.32. The molecule has 0 atom stereocenters. The van der Waals surface area contributed by atoms with Crippen LogP contribution >= 0.6 is 23.1 Å². The Hall–Kier alpha value is -3.70. The summed E-state index contributed by atoms with van der Waals surface area (Å²) in [5.41, 5.74) is 2.43. The van der Waals surface area contributed by atoms with E-state index in [4.69, 9.17) is 0 Å². The van der Waals surface area contributed by atoms with Gasteiger partial charge in [-0.3, -0.25) is 14.5 Å². The van der Waals surface area contributed by atoms with Crippen molar-refractivity contribution in [1.29, 1.82) is 0 Å². The summed E-state index contributed by atoms with van der Waals surface area (Å²) in [5.74, 6) is -0.571. The summed E-state index contributed by atoms with van der Waals surface area (Å²) in [6.07, 6.45) is 1.67. The maximum atomic E-state index is 13.4. The van der Waals surface area contributed by atoms with Gasteiger partial charge in [-0.05, 0) is 59.5 Å². The van der Waals surface area contributed by atoms with Gasteiger partial charge in [0, 0.05) is 24.7 Å². The molecular weight excluding hydrogens is 518 g/mol. The highest BCUT2D eigenvalue weighted by molar-refractivity contribution is 8.14.